The van der Waals surface area contributed by atoms with Gasteiger partial charge in [0.15, 0.2) is 0 Å². The van der Waals surface area contributed by atoms with E-state index in [9.17, 15) is 0 Å². The van der Waals surface area contributed by atoms with Crippen LogP contribution in [0.4, 0.5) is 0 Å². The molecule has 1 fully saturated rings. The zero-order chi connectivity index (χ0) is 12.1. The van der Waals surface area contributed by atoms with Gasteiger partial charge in [-0.3, -0.25) is 0 Å². The molecule has 0 aromatic heterocycles. The number of benzene rings is 1. The number of ether oxygens (including phenoxy) is 2. The van der Waals surface area contributed by atoms with Gasteiger partial charge in [0.1, 0.15) is 11.5 Å². The largest absolute Gasteiger partial charge is 0.497 e. The molecule has 1 saturated carbocycles. The highest BCUT2D eigenvalue weighted by Gasteiger charge is 2.16. The van der Waals surface area contributed by atoms with Crippen molar-refractivity contribution in [3.05, 3.63) is 23.8 Å². The molecule has 3 nitrogen and oxygen atoms in total. The fourth-order valence-electron chi connectivity index (χ4n) is 2.32. The molecule has 2 rings (SSSR count). The Bertz CT molecular complexity index is 359. The van der Waals surface area contributed by atoms with Crippen LogP contribution in [0.3, 0.4) is 0 Å². The Hall–Kier alpha value is -1.22. The minimum Gasteiger partial charge on any atom is -0.497 e. The lowest BCUT2D eigenvalue weighted by Gasteiger charge is -2.24. The number of hydrogen-bond acceptors (Lipinski definition) is 3. The van der Waals surface area contributed by atoms with Crippen molar-refractivity contribution in [2.24, 2.45) is 5.73 Å². The molecule has 94 valence electrons. The summed E-state index contributed by atoms with van der Waals surface area (Å²) in [5, 5.41) is 0. The van der Waals surface area contributed by atoms with Crippen LogP contribution in [0.15, 0.2) is 18.2 Å². The maximum absolute atomic E-state index is 6.04. The second-order valence-corrected chi connectivity index (χ2v) is 4.56. The van der Waals surface area contributed by atoms with Gasteiger partial charge in [0.25, 0.3) is 0 Å². The van der Waals surface area contributed by atoms with Crippen molar-refractivity contribution in [3.63, 3.8) is 0 Å². The summed E-state index contributed by atoms with van der Waals surface area (Å²) in [6.07, 6.45) is 6.58. The van der Waals surface area contributed by atoms with Crippen LogP contribution in [0.1, 0.15) is 37.7 Å². The number of methoxy groups -OCH3 is 1. The molecule has 0 unspecified atom stereocenters. The summed E-state index contributed by atoms with van der Waals surface area (Å²) in [6, 6.07) is 5.85. The van der Waals surface area contributed by atoms with E-state index in [0.717, 1.165) is 29.9 Å². The maximum atomic E-state index is 6.04. The van der Waals surface area contributed by atoms with Gasteiger partial charge in [0.2, 0.25) is 0 Å². The minimum atomic E-state index is 0.363. The Morgan fingerprint density at radius 3 is 2.65 bits per heavy atom. The third-order valence-electron chi connectivity index (χ3n) is 3.33. The van der Waals surface area contributed by atoms with Crippen molar-refractivity contribution in [1.82, 2.24) is 0 Å². The van der Waals surface area contributed by atoms with Gasteiger partial charge < -0.3 is 15.2 Å². The van der Waals surface area contributed by atoms with E-state index in [-0.39, 0.29) is 0 Å². The molecule has 0 radical (unpaired) electrons. The first-order valence-electron chi connectivity index (χ1n) is 6.37. The summed E-state index contributed by atoms with van der Waals surface area (Å²) in [4.78, 5) is 0. The summed E-state index contributed by atoms with van der Waals surface area (Å²) in [6.45, 7) is 0.485. The molecule has 0 amide bonds. The van der Waals surface area contributed by atoms with Gasteiger partial charge in [-0.2, -0.15) is 0 Å². The first-order valence-corrected chi connectivity index (χ1v) is 6.37. The first-order chi connectivity index (χ1) is 8.33. The monoisotopic (exact) mass is 235 g/mol. The van der Waals surface area contributed by atoms with E-state index >= 15 is 0 Å². The Labute approximate surface area is 103 Å². The molecule has 0 heterocycles. The molecule has 0 bridgehead atoms. The molecule has 3 heteroatoms. The molecule has 1 aromatic rings. The third-order valence-corrected chi connectivity index (χ3v) is 3.33. The second-order valence-electron chi connectivity index (χ2n) is 4.56. The molecule has 17 heavy (non-hydrogen) atoms. The molecule has 2 N–H and O–H groups in total. The van der Waals surface area contributed by atoms with Gasteiger partial charge in [-0.1, -0.05) is 6.42 Å². The van der Waals surface area contributed by atoms with Gasteiger partial charge in [-0.15, -0.1) is 0 Å². The molecule has 1 aliphatic rings. The number of hydrogen-bond donors (Lipinski definition) is 1. The van der Waals surface area contributed by atoms with Crippen molar-refractivity contribution in [2.75, 3.05) is 7.11 Å². The minimum absolute atomic E-state index is 0.363. The maximum Gasteiger partial charge on any atom is 0.124 e. The fourth-order valence-corrected chi connectivity index (χ4v) is 2.32. The van der Waals surface area contributed by atoms with E-state index in [1.54, 1.807) is 7.11 Å². The Morgan fingerprint density at radius 1 is 1.24 bits per heavy atom. The summed E-state index contributed by atoms with van der Waals surface area (Å²) >= 11 is 0. The normalized spacial score (nSPS) is 16.8. The zero-order valence-corrected chi connectivity index (χ0v) is 10.4. The topological polar surface area (TPSA) is 44.5 Å². The van der Waals surface area contributed by atoms with E-state index < -0.39 is 0 Å². The summed E-state index contributed by atoms with van der Waals surface area (Å²) in [5.74, 6) is 1.75. The Balaban J connectivity index is 2.08. The molecule has 1 aromatic carbocycles. The molecule has 0 spiro atoms. The lowest BCUT2D eigenvalue weighted by Crippen LogP contribution is -2.20. The average molecular weight is 235 g/mol. The van der Waals surface area contributed by atoms with Crippen molar-refractivity contribution in [1.29, 1.82) is 0 Å². The highest BCUT2D eigenvalue weighted by molar-refractivity contribution is 5.40. The van der Waals surface area contributed by atoms with Gasteiger partial charge in [0.05, 0.1) is 13.2 Å². The predicted molar refractivity (Wildman–Crippen MR) is 68.4 cm³/mol. The smallest absolute Gasteiger partial charge is 0.124 e. The average Bonchev–Trinajstić information content (AvgIpc) is 2.40. The van der Waals surface area contributed by atoms with Gasteiger partial charge in [-0.05, 0) is 43.9 Å². The van der Waals surface area contributed by atoms with E-state index in [1.165, 1.54) is 19.3 Å². The SMILES string of the molecule is COc1ccc(OC2CCCCC2)c(CN)c1. The number of nitrogens with two attached hydrogens (primary N) is 1. The zero-order valence-electron chi connectivity index (χ0n) is 10.4. The van der Waals surface area contributed by atoms with Crippen molar-refractivity contribution >= 4 is 0 Å². The quantitative estimate of drug-likeness (QED) is 0.872. The van der Waals surface area contributed by atoms with Crippen LogP contribution in [0.2, 0.25) is 0 Å². The van der Waals surface area contributed by atoms with Crippen LogP contribution < -0.4 is 15.2 Å². The standard InChI is InChI=1S/C14H21NO2/c1-16-13-7-8-14(11(9-13)10-15)17-12-5-3-2-4-6-12/h7-9,12H,2-6,10,15H2,1H3. The Morgan fingerprint density at radius 2 is 2.00 bits per heavy atom. The molecule has 1 aliphatic carbocycles. The second kappa shape index (κ2) is 5.92. The predicted octanol–water partition coefficient (Wildman–Crippen LogP) is 2.87. The summed E-state index contributed by atoms with van der Waals surface area (Å²) in [7, 11) is 1.66. The molecule has 0 aliphatic heterocycles. The van der Waals surface area contributed by atoms with Crippen LogP contribution in [0, 0.1) is 0 Å². The van der Waals surface area contributed by atoms with E-state index in [0.29, 0.717) is 12.6 Å². The summed E-state index contributed by atoms with van der Waals surface area (Å²) in [5.41, 5.74) is 6.77. The van der Waals surface area contributed by atoms with Crippen LogP contribution >= 0.6 is 0 Å². The lowest BCUT2D eigenvalue weighted by atomic mass is 9.97. The van der Waals surface area contributed by atoms with Gasteiger partial charge in [-0.25, -0.2) is 0 Å². The van der Waals surface area contributed by atoms with E-state index in [2.05, 4.69) is 0 Å². The van der Waals surface area contributed by atoms with Crippen molar-refractivity contribution < 1.29 is 9.47 Å². The van der Waals surface area contributed by atoms with Gasteiger partial charge >= 0.3 is 0 Å². The Kier molecular flexibility index (Phi) is 4.26. The van der Waals surface area contributed by atoms with Crippen molar-refractivity contribution in [3.8, 4) is 11.5 Å². The van der Waals surface area contributed by atoms with E-state index in [1.807, 2.05) is 18.2 Å². The summed E-state index contributed by atoms with van der Waals surface area (Å²) < 4.78 is 11.2. The third kappa shape index (κ3) is 3.13. The molecule has 0 atom stereocenters. The lowest BCUT2D eigenvalue weighted by molar-refractivity contribution is 0.153. The number of rotatable bonds is 4. The first kappa shape index (κ1) is 12.2. The van der Waals surface area contributed by atoms with Crippen LogP contribution in [0.25, 0.3) is 0 Å². The molecule has 0 saturated heterocycles. The van der Waals surface area contributed by atoms with Crippen LogP contribution in [-0.2, 0) is 6.54 Å². The molecular weight excluding hydrogens is 214 g/mol. The fraction of sp³-hybridized carbons (Fsp3) is 0.571. The highest BCUT2D eigenvalue weighted by atomic mass is 16.5. The van der Waals surface area contributed by atoms with Gasteiger partial charge in [0, 0.05) is 12.1 Å². The highest BCUT2D eigenvalue weighted by Crippen LogP contribution is 2.28. The van der Waals surface area contributed by atoms with Crippen LogP contribution in [-0.4, -0.2) is 13.2 Å². The molecular formula is C14H21NO2. The van der Waals surface area contributed by atoms with Crippen LogP contribution in [0.5, 0.6) is 11.5 Å². The van der Waals surface area contributed by atoms with Crippen molar-refractivity contribution in [2.45, 2.75) is 44.8 Å². The van der Waals surface area contributed by atoms with E-state index in [4.69, 9.17) is 15.2 Å².